The second kappa shape index (κ2) is 4.05. The number of ether oxygens (including phenoxy) is 1. The van der Waals surface area contributed by atoms with Gasteiger partial charge in [0.1, 0.15) is 11.8 Å². The largest absolute Gasteiger partial charge is 0.482 e. The van der Waals surface area contributed by atoms with Gasteiger partial charge in [-0.1, -0.05) is 0 Å². The van der Waals surface area contributed by atoms with Gasteiger partial charge >= 0.3 is 5.82 Å². The Hall–Kier alpha value is -1.69. The number of rotatable bonds is 3. The molecule has 1 aliphatic rings. The van der Waals surface area contributed by atoms with Gasteiger partial charge in [0.15, 0.2) is 0 Å². The molecule has 6 heteroatoms. The summed E-state index contributed by atoms with van der Waals surface area (Å²) in [7, 11) is 0. The van der Waals surface area contributed by atoms with Crippen molar-refractivity contribution >= 4 is 5.82 Å². The average Bonchev–Trinajstić information content (AvgIpc) is 2.17. The zero-order valence-electron chi connectivity index (χ0n) is 8.79. The molecule has 16 heavy (non-hydrogen) atoms. The number of aromatic nitrogens is 1. The van der Waals surface area contributed by atoms with Crippen molar-refractivity contribution in [1.82, 2.24) is 4.98 Å². The fraction of sp³-hybridized carbons (Fsp3) is 0.500. The fourth-order valence-electron chi connectivity index (χ4n) is 1.57. The molecule has 0 aromatic carbocycles. The van der Waals surface area contributed by atoms with Crippen molar-refractivity contribution in [3.63, 3.8) is 0 Å². The summed E-state index contributed by atoms with van der Waals surface area (Å²) in [5.41, 5.74) is 0.577. The Kier molecular flexibility index (Phi) is 2.74. The highest BCUT2D eigenvalue weighted by Gasteiger charge is 2.31. The highest BCUT2D eigenvalue weighted by atomic mass is 16.6. The predicted octanol–water partition coefficient (Wildman–Crippen LogP) is 1.20. The number of hydrogen-bond acceptors (Lipinski definition) is 5. The van der Waals surface area contributed by atoms with E-state index in [4.69, 9.17) is 9.84 Å². The lowest BCUT2D eigenvalue weighted by Crippen LogP contribution is -2.37. The molecule has 1 aromatic heterocycles. The molecule has 0 saturated heterocycles. The Bertz CT molecular complexity index is 415. The Balaban J connectivity index is 2.16. The Morgan fingerprint density at radius 1 is 1.56 bits per heavy atom. The number of pyridine rings is 1. The van der Waals surface area contributed by atoms with Crippen molar-refractivity contribution in [2.45, 2.75) is 32.0 Å². The normalized spacial score (nSPS) is 23.6. The van der Waals surface area contributed by atoms with Gasteiger partial charge in [0, 0.05) is 19.8 Å². The van der Waals surface area contributed by atoms with Crippen LogP contribution in [0.5, 0.6) is 5.75 Å². The molecule has 1 heterocycles. The second-order valence-electron chi connectivity index (χ2n) is 3.90. The molecular weight excluding hydrogens is 212 g/mol. The zero-order valence-corrected chi connectivity index (χ0v) is 8.79. The van der Waals surface area contributed by atoms with E-state index >= 15 is 0 Å². The first-order valence-corrected chi connectivity index (χ1v) is 5.03. The monoisotopic (exact) mass is 224 g/mol. The third-order valence-electron chi connectivity index (χ3n) is 2.52. The maximum atomic E-state index is 10.7. The van der Waals surface area contributed by atoms with Crippen LogP contribution in [0.15, 0.2) is 12.1 Å². The molecule has 1 aliphatic carbocycles. The van der Waals surface area contributed by atoms with E-state index in [9.17, 15) is 10.1 Å². The molecule has 0 aliphatic heterocycles. The van der Waals surface area contributed by atoms with E-state index in [0.717, 1.165) is 0 Å². The van der Waals surface area contributed by atoms with Crippen molar-refractivity contribution < 1.29 is 14.8 Å². The van der Waals surface area contributed by atoms with Crippen LogP contribution in [-0.4, -0.2) is 27.2 Å². The van der Waals surface area contributed by atoms with Crippen molar-refractivity contribution in [2.24, 2.45) is 0 Å². The molecule has 1 saturated carbocycles. The van der Waals surface area contributed by atoms with Gasteiger partial charge in [-0.25, -0.2) is 0 Å². The standard InChI is InChI=1S/C10H12N2O4/c1-6-2-3-9(10(11-6)12(14)15)16-8-4-7(13)5-8/h2-3,7-8,13H,4-5H2,1H3. The smallest absolute Gasteiger partial charge is 0.406 e. The quantitative estimate of drug-likeness (QED) is 0.615. The summed E-state index contributed by atoms with van der Waals surface area (Å²) < 4.78 is 5.40. The minimum atomic E-state index is -0.558. The maximum Gasteiger partial charge on any atom is 0.406 e. The summed E-state index contributed by atoms with van der Waals surface area (Å²) in [6.45, 7) is 1.68. The minimum Gasteiger partial charge on any atom is -0.482 e. The molecule has 1 fully saturated rings. The van der Waals surface area contributed by atoms with Gasteiger partial charge in [-0.05, 0) is 22.0 Å². The molecular formula is C10H12N2O4. The molecule has 0 atom stereocenters. The van der Waals surface area contributed by atoms with Crippen LogP contribution in [0.2, 0.25) is 0 Å². The number of aryl methyl sites for hydroxylation is 1. The SMILES string of the molecule is Cc1ccc(OC2CC(O)C2)c([N+](=O)[O-])n1. The predicted molar refractivity (Wildman–Crippen MR) is 55.3 cm³/mol. The third kappa shape index (κ3) is 2.11. The van der Waals surface area contributed by atoms with E-state index in [-0.39, 0.29) is 23.8 Å². The zero-order chi connectivity index (χ0) is 11.7. The molecule has 0 spiro atoms. The molecule has 6 nitrogen and oxygen atoms in total. The number of nitro groups is 1. The van der Waals surface area contributed by atoms with Gasteiger partial charge in [-0.15, -0.1) is 0 Å². The van der Waals surface area contributed by atoms with Crippen LogP contribution in [0.1, 0.15) is 18.5 Å². The molecule has 2 rings (SSSR count). The summed E-state index contributed by atoms with van der Waals surface area (Å²) in [6, 6.07) is 3.21. The van der Waals surface area contributed by atoms with Crippen LogP contribution in [0.3, 0.4) is 0 Å². The Morgan fingerprint density at radius 2 is 2.25 bits per heavy atom. The van der Waals surface area contributed by atoms with Crippen molar-refractivity contribution in [2.75, 3.05) is 0 Å². The Morgan fingerprint density at radius 3 is 2.81 bits per heavy atom. The minimum absolute atomic E-state index is 0.141. The van der Waals surface area contributed by atoms with Crippen LogP contribution in [0.25, 0.3) is 0 Å². The summed E-state index contributed by atoms with van der Waals surface area (Å²) in [5, 5.41) is 19.8. The van der Waals surface area contributed by atoms with E-state index in [2.05, 4.69) is 4.98 Å². The highest BCUT2D eigenvalue weighted by Crippen LogP contribution is 2.30. The summed E-state index contributed by atoms with van der Waals surface area (Å²) in [5.74, 6) is -0.0890. The summed E-state index contributed by atoms with van der Waals surface area (Å²) in [4.78, 5) is 14.0. The topological polar surface area (TPSA) is 85.5 Å². The first kappa shape index (κ1) is 10.8. The van der Waals surface area contributed by atoms with Crippen molar-refractivity contribution in [3.8, 4) is 5.75 Å². The number of nitrogens with zero attached hydrogens (tertiary/aromatic N) is 2. The van der Waals surface area contributed by atoms with E-state index in [1.807, 2.05) is 0 Å². The number of hydrogen-bond donors (Lipinski definition) is 1. The summed E-state index contributed by atoms with van der Waals surface area (Å²) >= 11 is 0. The van der Waals surface area contributed by atoms with Crippen LogP contribution in [-0.2, 0) is 0 Å². The molecule has 0 radical (unpaired) electrons. The van der Waals surface area contributed by atoms with Gasteiger partial charge < -0.3 is 20.0 Å². The van der Waals surface area contributed by atoms with Crippen LogP contribution in [0.4, 0.5) is 5.82 Å². The lowest BCUT2D eigenvalue weighted by molar-refractivity contribution is -0.391. The third-order valence-corrected chi connectivity index (χ3v) is 2.52. The number of aliphatic hydroxyl groups excluding tert-OH is 1. The van der Waals surface area contributed by atoms with Crippen molar-refractivity contribution in [1.29, 1.82) is 0 Å². The van der Waals surface area contributed by atoms with Gasteiger partial charge in [0.05, 0.1) is 6.10 Å². The van der Waals surface area contributed by atoms with Crippen LogP contribution >= 0.6 is 0 Å². The first-order chi connectivity index (χ1) is 7.56. The van der Waals surface area contributed by atoms with Gasteiger partial charge in [-0.2, -0.15) is 0 Å². The molecule has 0 unspecified atom stereocenters. The fourth-order valence-corrected chi connectivity index (χ4v) is 1.57. The molecule has 0 amide bonds. The van der Waals surface area contributed by atoms with Gasteiger partial charge in [0.2, 0.25) is 5.75 Å². The maximum absolute atomic E-state index is 10.7. The van der Waals surface area contributed by atoms with E-state index in [1.54, 1.807) is 19.1 Å². The Labute approximate surface area is 92.0 Å². The molecule has 1 N–H and O–H groups in total. The van der Waals surface area contributed by atoms with Gasteiger partial charge in [-0.3, -0.25) is 0 Å². The van der Waals surface area contributed by atoms with E-state index in [0.29, 0.717) is 18.5 Å². The molecule has 86 valence electrons. The molecule has 0 bridgehead atoms. The van der Waals surface area contributed by atoms with Crippen molar-refractivity contribution in [3.05, 3.63) is 27.9 Å². The van der Waals surface area contributed by atoms with Crippen LogP contribution < -0.4 is 4.74 Å². The first-order valence-electron chi connectivity index (χ1n) is 5.03. The number of aliphatic hydroxyl groups is 1. The lowest BCUT2D eigenvalue weighted by atomic mass is 9.92. The second-order valence-corrected chi connectivity index (χ2v) is 3.90. The van der Waals surface area contributed by atoms with E-state index in [1.165, 1.54) is 0 Å². The highest BCUT2D eigenvalue weighted by molar-refractivity contribution is 5.40. The average molecular weight is 224 g/mol. The van der Waals surface area contributed by atoms with E-state index < -0.39 is 4.92 Å². The van der Waals surface area contributed by atoms with Crippen LogP contribution in [0, 0.1) is 17.0 Å². The summed E-state index contributed by atoms with van der Waals surface area (Å²) in [6.07, 6.45) is 0.552. The lowest BCUT2D eigenvalue weighted by Gasteiger charge is -2.31. The molecule has 1 aromatic rings. The van der Waals surface area contributed by atoms with Gasteiger partial charge in [0.25, 0.3) is 0 Å².